The summed E-state index contributed by atoms with van der Waals surface area (Å²) in [5.41, 5.74) is 3.19. The fourth-order valence-corrected chi connectivity index (χ4v) is 2.34. The Labute approximate surface area is 101 Å². The lowest BCUT2D eigenvalue weighted by Crippen LogP contribution is -2.38. The number of hydrogen-bond donors (Lipinski definition) is 1. The van der Waals surface area contributed by atoms with Gasteiger partial charge in [0.15, 0.2) is 0 Å². The summed E-state index contributed by atoms with van der Waals surface area (Å²) >= 11 is 0. The van der Waals surface area contributed by atoms with Gasteiger partial charge in [0, 0.05) is 23.6 Å². The largest absolute Gasteiger partial charge is 0.361 e. The Bertz CT molecular complexity index is 573. The Morgan fingerprint density at radius 3 is 2.94 bits per heavy atom. The number of rotatable bonds is 3. The Morgan fingerprint density at radius 2 is 2.24 bits per heavy atom. The van der Waals surface area contributed by atoms with Crippen molar-refractivity contribution in [3.8, 4) is 6.07 Å². The first-order valence-corrected chi connectivity index (χ1v) is 6.09. The molecule has 1 aliphatic rings. The number of hydrogen-bond acceptors (Lipinski definition) is 2. The van der Waals surface area contributed by atoms with Crippen LogP contribution in [0.3, 0.4) is 0 Å². The molecule has 0 amide bonds. The Kier molecular flexibility index (Phi) is 2.58. The summed E-state index contributed by atoms with van der Waals surface area (Å²) in [6, 6.07) is 8.03. The van der Waals surface area contributed by atoms with Crippen LogP contribution in [0.25, 0.3) is 10.9 Å². The quantitative estimate of drug-likeness (QED) is 0.870. The third kappa shape index (κ3) is 1.92. The van der Waals surface area contributed by atoms with Crippen LogP contribution >= 0.6 is 0 Å². The van der Waals surface area contributed by atoms with Crippen molar-refractivity contribution in [2.75, 3.05) is 19.6 Å². The minimum Gasteiger partial charge on any atom is -0.361 e. The van der Waals surface area contributed by atoms with Crippen LogP contribution in [0, 0.1) is 11.3 Å². The summed E-state index contributed by atoms with van der Waals surface area (Å²) in [6.45, 7) is 3.61. The van der Waals surface area contributed by atoms with E-state index in [0.29, 0.717) is 0 Å². The van der Waals surface area contributed by atoms with Crippen LogP contribution < -0.4 is 0 Å². The highest BCUT2D eigenvalue weighted by Crippen LogP contribution is 2.21. The number of aromatic nitrogens is 1. The van der Waals surface area contributed by atoms with E-state index in [4.69, 9.17) is 5.26 Å². The molecular formula is C14H15N3. The van der Waals surface area contributed by atoms with Gasteiger partial charge in [-0.25, -0.2) is 0 Å². The van der Waals surface area contributed by atoms with Crippen molar-refractivity contribution in [2.24, 2.45) is 0 Å². The van der Waals surface area contributed by atoms with Gasteiger partial charge in [-0.1, -0.05) is 0 Å². The third-order valence-electron chi connectivity index (χ3n) is 3.54. The lowest BCUT2D eigenvalue weighted by Gasteiger charge is -2.30. The van der Waals surface area contributed by atoms with Crippen molar-refractivity contribution in [2.45, 2.75) is 12.8 Å². The standard InChI is InChI=1S/C14H15N3/c15-9-11-2-3-14-13(8-11)12(10-16-14)4-7-17-5-1-6-17/h2-3,8,10,16H,1,4-7H2. The number of nitrogens with zero attached hydrogens (tertiary/aromatic N) is 2. The van der Waals surface area contributed by atoms with Gasteiger partial charge in [0.25, 0.3) is 0 Å². The van der Waals surface area contributed by atoms with Gasteiger partial charge < -0.3 is 9.88 Å². The number of nitriles is 1. The lowest BCUT2D eigenvalue weighted by atomic mass is 10.1. The van der Waals surface area contributed by atoms with Crippen LogP contribution in [-0.2, 0) is 6.42 Å². The maximum Gasteiger partial charge on any atom is 0.0991 e. The summed E-state index contributed by atoms with van der Waals surface area (Å²) in [5, 5.41) is 10.1. The molecule has 1 saturated heterocycles. The highest BCUT2D eigenvalue weighted by atomic mass is 15.2. The molecule has 3 heteroatoms. The lowest BCUT2D eigenvalue weighted by molar-refractivity contribution is 0.184. The van der Waals surface area contributed by atoms with E-state index in [-0.39, 0.29) is 0 Å². The zero-order valence-electron chi connectivity index (χ0n) is 9.74. The number of fused-ring (bicyclic) bond motifs is 1. The molecule has 1 fully saturated rings. The number of H-pyrrole nitrogens is 1. The molecule has 0 unspecified atom stereocenters. The smallest absolute Gasteiger partial charge is 0.0991 e. The topological polar surface area (TPSA) is 42.8 Å². The minimum atomic E-state index is 0.738. The van der Waals surface area contributed by atoms with Crippen LogP contribution in [0.2, 0.25) is 0 Å². The number of aromatic amines is 1. The van der Waals surface area contributed by atoms with Gasteiger partial charge in [0.2, 0.25) is 0 Å². The van der Waals surface area contributed by atoms with Gasteiger partial charge in [-0.3, -0.25) is 0 Å². The molecule has 1 aliphatic heterocycles. The molecule has 2 aromatic rings. The third-order valence-corrected chi connectivity index (χ3v) is 3.54. The Morgan fingerprint density at radius 1 is 1.35 bits per heavy atom. The van der Waals surface area contributed by atoms with Crippen LogP contribution in [0.5, 0.6) is 0 Å². The first kappa shape index (κ1) is 10.4. The van der Waals surface area contributed by atoms with Crippen molar-refractivity contribution in [3.05, 3.63) is 35.5 Å². The van der Waals surface area contributed by atoms with Gasteiger partial charge in [-0.2, -0.15) is 5.26 Å². The molecule has 3 rings (SSSR count). The fourth-order valence-electron chi connectivity index (χ4n) is 2.34. The van der Waals surface area contributed by atoms with E-state index < -0.39 is 0 Å². The Hall–Kier alpha value is -1.79. The van der Waals surface area contributed by atoms with Crippen molar-refractivity contribution in [1.29, 1.82) is 5.26 Å². The van der Waals surface area contributed by atoms with E-state index in [1.165, 1.54) is 30.5 Å². The van der Waals surface area contributed by atoms with Crippen LogP contribution in [0.4, 0.5) is 0 Å². The summed E-state index contributed by atoms with van der Waals surface area (Å²) in [4.78, 5) is 5.74. The van der Waals surface area contributed by atoms with Crippen LogP contribution in [0.1, 0.15) is 17.5 Å². The highest BCUT2D eigenvalue weighted by Gasteiger charge is 2.14. The van der Waals surface area contributed by atoms with E-state index in [2.05, 4.69) is 22.1 Å². The van der Waals surface area contributed by atoms with Gasteiger partial charge in [0.1, 0.15) is 0 Å². The predicted octanol–water partition coefficient (Wildman–Crippen LogP) is 2.29. The number of benzene rings is 1. The first-order valence-electron chi connectivity index (χ1n) is 6.09. The van der Waals surface area contributed by atoms with Crippen LogP contribution in [-0.4, -0.2) is 29.5 Å². The van der Waals surface area contributed by atoms with Crippen molar-refractivity contribution in [1.82, 2.24) is 9.88 Å². The molecular weight excluding hydrogens is 210 g/mol. The average molecular weight is 225 g/mol. The molecule has 1 aromatic carbocycles. The predicted molar refractivity (Wildman–Crippen MR) is 67.8 cm³/mol. The summed E-state index contributed by atoms with van der Waals surface area (Å²) < 4.78 is 0. The second-order valence-electron chi connectivity index (χ2n) is 4.63. The molecule has 86 valence electrons. The maximum absolute atomic E-state index is 8.92. The van der Waals surface area contributed by atoms with E-state index in [0.717, 1.165) is 24.0 Å². The molecule has 0 aliphatic carbocycles. The molecule has 17 heavy (non-hydrogen) atoms. The molecule has 0 radical (unpaired) electrons. The van der Waals surface area contributed by atoms with Gasteiger partial charge in [0.05, 0.1) is 11.6 Å². The van der Waals surface area contributed by atoms with Crippen molar-refractivity contribution < 1.29 is 0 Å². The fraction of sp³-hybridized carbons (Fsp3) is 0.357. The second kappa shape index (κ2) is 4.23. The van der Waals surface area contributed by atoms with Crippen molar-refractivity contribution >= 4 is 10.9 Å². The minimum absolute atomic E-state index is 0.738. The maximum atomic E-state index is 8.92. The van der Waals surface area contributed by atoms with E-state index in [1.807, 2.05) is 18.2 Å². The zero-order chi connectivity index (χ0) is 11.7. The summed E-state index contributed by atoms with van der Waals surface area (Å²) in [6.07, 6.45) is 4.48. The molecule has 2 heterocycles. The zero-order valence-corrected chi connectivity index (χ0v) is 9.74. The molecule has 0 spiro atoms. The Balaban J connectivity index is 1.85. The van der Waals surface area contributed by atoms with Gasteiger partial charge in [-0.15, -0.1) is 0 Å². The SMILES string of the molecule is N#Cc1ccc2[nH]cc(CCN3CCC3)c2c1. The molecule has 1 N–H and O–H groups in total. The normalized spacial score (nSPS) is 15.7. The van der Waals surface area contributed by atoms with E-state index in [9.17, 15) is 0 Å². The molecule has 3 nitrogen and oxygen atoms in total. The monoisotopic (exact) mass is 225 g/mol. The average Bonchev–Trinajstić information content (AvgIpc) is 2.69. The number of likely N-dealkylation sites (tertiary alicyclic amines) is 1. The molecule has 0 saturated carbocycles. The summed E-state index contributed by atoms with van der Waals surface area (Å²) in [5.74, 6) is 0. The van der Waals surface area contributed by atoms with Gasteiger partial charge in [-0.05, 0) is 49.7 Å². The second-order valence-corrected chi connectivity index (χ2v) is 4.63. The number of nitrogens with one attached hydrogen (secondary N) is 1. The first-order chi connectivity index (χ1) is 8.36. The molecule has 0 bridgehead atoms. The van der Waals surface area contributed by atoms with E-state index >= 15 is 0 Å². The van der Waals surface area contributed by atoms with Gasteiger partial charge >= 0.3 is 0 Å². The highest BCUT2D eigenvalue weighted by molar-refractivity contribution is 5.84. The summed E-state index contributed by atoms with van der Waals surface area (Å²) in [7, 11) is 0. The van der Waals surface area contributed by atoms with Crippen molar-refractivity contribution in [3.63, 3.8) is 0 Å². The van der Waals surface area contributed by atoms with Crippen LogP contribution in [0.15, 0.2) is 24.4 Å². The van der Waals surface area contributed by atoms with E-state index in [1.54, 1.807) is 0 Å². The molecule has 1 aromatic heterocycles. The molecule has 0 atom stereocenters.